The maximum Gasteiger partial charge on any atom is 0.0792 e. The summed E-state index contributed by atoms with van der Waals surface area (Å²) < 4.78 is 5.71. The molecule has 3 nitrogen and oxygen atoms in total. The van der Waals surface area contributed by atoms with E-state index >= 15 is 0 Å². The minimum absolute atomic E-state index is 0.200. The van der Waals surface area contributed by atoms with Crippen LogP contribution in [0.5, 0.6) is 0 Å². The Labute approximate surface area is 94.7 Å². The van der Waals surface area contributed by atoms with Crippen LogP contribution in [0.15, 0.2) is 0 Å². The molecule has 3 heteroatoms. The van der Waals surface area contributed by atoms with Gasteiger partial charge in [-0.3, -0.25) is 11.3 Å². The number of ether oxygens (including phenoxy) is 1. The number of hydrogen-bond acceptors (Lipinski definition) is 3. The largest absolute Gasteiger partial charge is 0.374 e. The van der Waals surface area contributed by atoms with E-state index in [1.54, 1.807) is 0 Å². The summed E-state index contributed by atoms with van der Waals surface area (Å²) in [6, 6.07) is 0.205. The van der Waals surface area contributed by atoms with Crippen molar-refractivity contribution in [2.45, 2.75) is 66.0 Å². The van der Waals surface area contributed by atoms with Crippen molar-refractivity contribution < 1.29 is 4.74 Å². The Bertz CT molecular complexity index is 173. The lowest BCUT2D eigenvalue weighted by molar-refractivity contribution is -0.0421. The van der Waals surface area contributed by atoms with Crippen molar-refractivity contribution in [1.29, 1.82) is 0 Å². The van der Waals surface area contributed by atoms with Crippen molar-refractivity contribution in [3.63, 3.8) is 0 Å². The van der Waals surface area contributed by atoms with Crippen LogP contribution in [0.3, 0.4) is 0 Å². The molecule has 0 aromatic heterocycles. The van der Waals surface area contributed by atoms with Gasteiger partial charge in [0.15, 0.2) is 0 Å². The smallest absolute Gasteiger partial charge is 0.0792 e. The third-order valence-electron chi connectivity index (χ3n) is 2.74. The zero-order valence-corrected chi connectivity index (χ0v) is 11.2. The van der Waals surface area contributed by atoms with Gasteiger partial charge >= 0.3 is 0 Å². The molecule has 0 saturated heterocycles. The number of rotatable bonds is 6. The molecule has 0 aliphatic carbocycles. The van der Waals surface area contributed by atoms with Crippen molar-refractivity contribution in [3.8, 4) is 0 Å². The Kier molecular flexibility index (Phi) is 5.78. The van der Waals surface area contributed by atoms with E-state index in [4.69, 9.17) is 10.6 Å². The van der Waals surface area contributed by atoms with Crippen molar-refractivity contribution in [3.05, 3.63) is 0 Å². The van der Waals surface area contributed by atoms with Gasteiger partial charge in [-0.05, 0) is 39.0 Å². The van der Waals surface area contributed by atoms with Crippen LogP contribution in [-0.2, 0) is 4.74 Å². The highest BCUT2D eigenvalue weighted by atomic mass is 16.5. The Morgan fingerprint density at radius 2 is 1.73 bits per heavy atom. The van der Waals surface area contributed by atoms with Gasteiger partial charge in [0.05, 0.1) is 5.60 Å². The van der Waals surface area contributed by atoms with Crippen LogP contribution in [-0.4, -0.2) is 18.2 Å². The number of nitrogens with two attached hydrogens (primary N) is 1. The average molecular weight is 216 g/mol. The van der Waals surface area contributed by atoms with Crippen LogP contribution in [0, 0.1) is 5.41 Å². The van der Waals surface area contributed by atoms with Gasteiger partial charge in [0, 0.05) is 12.6 Å². The lowest BCUT2D eigenvalue weighted by atomic mass is 9.85. The normalized spacial score (nSPS) is 15.4. The molecule has 0 heterocycles. The minimum Gasteiger partial charge on any atom is -0.374 e. The molecule has 0 amide bonds. The summed E-state index contributed by atoms with van der Waals surface area (Å²) in [5.41, 5.74) is 3.02. The fourth-order valence-corrected chi connectivity index (χ4v) is 1.68. The molecule has 0 aromatic rings. The van der Waals surface area contributed by atoms with E-state index in [2.05, 4.69) is 40.0 Å². The molecule has 0 radical (unpaired) electrons. The first-order chi connectivity index (χ1) is 6.73. The summed E-state index contributed by atoms with van der Waals surface area (Å²) >= 11 is 0. The zero-order chi connectivity index (χ0) is 12.1. The number of nitrogens with one attached hydrogen (secondary N) is 1. The fraction of sp³-hybridized carbons (Fsp3) is 1.00. The standard InChI is InChI=1S/C12H28N2O/c1-7-15-12(5,6)10(14-13)8-9-11(2,3)4/h10,14H,7-9,13H2,1-6H3. The van der Waals surface area contributed by atoms with Crippen LogP contribution >= 0.6 is 0 Å². The van der Waals surface area contributed by atoms with Gasteiger partial charge in [-0.1, -0.05) is 20.8 Å². The first-order valence-electron chi connectivity index (χ1n) is 5.83. The first-order valence-corrected chi connectivity index (χ1v) is 5.83. The monoisotopic (exact) mass is 216 g/mol. The summed E-state index contributed by atoms with van der Waals surface area (Å²) in [7, 11) is 0. The van der Waals surface area contributed by atoms with Gasteiger partial charge < -0.3 is 4.74 Å². The highest BCUT2D eigenvalue weighted by Gasteiger charge is 2.29. The SMILES string of the molecule is CCOC(C)(C)C(CCC(C)(C)C)NN. The molecule has 0 rings (SSSR count). The maximum absolute atomic E-state index is 5.71. The summed E-state index contributed by atoms with van der Waals surface area (Å²) in [5.74, 6) is 5.59. The molecule has 92 valence electrons. The number of hydrazine groups is 1. The third-order valence-corrected chi connectivity index (χ3v) is 2.74. The highest BCUT2D eigenvalue weighted by molar-refractivity contribution is 4.85. The average Bonchev–Trinajstić information content (AvgIpc) is 2.02. The van der Waals surface area contributed by atoms with E-state index in [9.17, 15) is 0 Å². The zero-order valence-electron chi connectivity index (χ0n) is 11.2. The van der Waals surface area contributed by atoms with Crippen LogP contribution < -0.4 is 11.3 Å². The Hall–Kier alpha value is -0.120. The lowest BCUT2D eigenvalue weighted by Gasteiger charge is -2.35. The van der Waals surface area contributed by atoms with Gasteiger partial charge in [-0.15, -0.1) is 0 Å². The lowest BCUT2D eigenvalue weighted by Crippen LogP contribution is -2.51. The number of hydrogen-bond donors (Lipinski definition) is 2. The van der Waals surface area contributed by atoms with Gasteiger partial charge in [-0.25, -0.2) is 0 Å². The molecular formula is C12H28N2O. The second kappa shape index (κ2) is 5.83. The summed E-state index contributed by atoms with van der Waals surface area (Å²) in [6.45, 7) is 13.6. The molecule has 3 N–H and O–H groups in total. The molecule has 0 aliphatic heterocycles. The van der Waals surface area contributed by atoms with Gasteiger partial charge in [-0.2, -0.15) is 0 Å². The van der Waals surface area contributed by atoms with E-state index < -0.39 is 0 Å². The van der Waals surface area contributed by atoms with E-state index in [1.165, 1.54) is 0 Å². The van der Waals surface area contributed by atoms with E-state index in [0.717, 1.165) is 19.4 Å². The molecule has 0 fully saturated rings. The molecule has 15 heavy (non-hydrogen) atoms. The Morgan fingerprint density at radius 3 is 2.07 bits per heavy atom. The first kappa shape index (κ1) is 14.9. The van der Waals surface area contributed by atoms with E-state index in [1.807, 2.05) is 6.92 Å². The quantitative estimate of drug-likeness (QED) is 0.529. The van der Waals surface area contributed by atoms with Crippen molar-refractivity contribution in [2.75, 3.05) is 6.61 Å². The molecule has 0 bridgehead atoms. The molecule has 0 spiro atoms. The molecular weight excluding hydrogens is 188 g/mol. The summed E-state index contributed by atoms with van der Waals surface area (Å²) in [6.07, 6.45) is 2.17. The molecule has 0 saturated carbocycles. The topological polar surface area (TPSA) is 47.3 Å². The molecule has 0 aliphatic rings. The Balaban J connectivity index is 4.24. The highest BCUT2D eigenvalue weighted by Crippen LogP contribution is 2.26. The fourth-order valence-electron chi connectivity index (χ4n) is 1.68. The van der Waals surface area contributed by atoms with Crippen LogP contribution in [0.4, 0.5) is 0 Å². The van der Waals surface area contributed by atoms with Crippen molar-refractivity contribution in [1.82, 2.24) is 5.43 Å². The van der Waals surface area contributed by atoms with Gasteiger partial charge in [0.1, 0.15) is 0 Å². The molecule has 0 aromatic carbocycles. The summed E-state index contributed by atoms with van der Waals surface area (Å²) in [4.78, 5) is 0. The van der Waals surface area contributed by atoms with E-state index in [-0.39, 0.29) is 11.6 Å². The minimum atomic E-state index is -0.200. The van der Waals surface area contributed by atoms with Crippen LogP contribution in [0.1, 0.15) is 54.4 Å². The predicted octanol–water partition coefficient (Wildman–Crippen LogP) is 2.46. The second-order valence-corrected chi connectivity index (χ2v) is 5.86. The van der Waals surface area contributed by atoms with Crippen molar-refractivity contribution >= 4 is 0 Å². The summed E-state index contributed by atoms with van der Waals surface area (Å²) in [5, 5.41) is 0. The van der Waals surface area contributed by atoms with Crippen LogP contribution in [0.25, 0.3) is 0 Å². The van der Waals surface area contributed by atoms with Gasteiger partial charge in [0.25, 0.3) is 0 Å². The Morgan fingerprint density at radius 1 is 1.20 bits per heavy atom. The second-order valence-electron chi connectivity index (χ2n) is 5.86. The third kappa shape index (κ3) is 6.13. The molecule has 1 unspecified atom stereocenters. The van der Waals surface area contributed by atoms with Gasteiger partial charge in [0.2, 0.25) is 0 Å². The van der Waals surface area contributed by atoms with Crippen LogP contribution in [0.2, 0.25) is 0 Å². The molecule has 1 atom stereocenters. The van der Waals surface area contributed by atoms with Crippen molar-refractivity contribution in [2.24, 2.45) is 11.3 Å². The van der Waals surface area contributed by atoms with E-state index in [0.29, 0.717) is 5.41 Å². The maximum atomic E-state index is 5.71. The predicted molar refractivity (Wildman–Crippen MR) is 65.5 cm³/mol.